The zero-order valence-corrected chi connectivity index (χ0v) is 19.3. The van der Waals surface area contributed by atoms with E-state index < -0.39 is 6.10 Å². The van der Waals surface area contributed by atoms with E-state index in [4.69, 9.17) is 9.47 Å². The lowest BCUT2D eigenvalue weighted by molar-refractivity contribution is -0.149. The molecule has 4 nitrogen and oxygen atoms in total. The Morgan fingerprint density at radius 2 is 1.68 bits per heavy atom. The van der Waals surface area contributed by atoms with E-state index in [0.717, 1.165) is 47.9 Å². The zero-order valence-electron chi connectivity index (χ0n) is 19.3. The third-order valence-corrected chi connectivity index (χ3v) is 6.80. The summed E-state index contributed by atoms with van der Waals surface area (Å²) in [6.45, 7) is 1.24. The third-order valence-electron chi connectivity index (χ3n) is 6.80. The molecule has 1 fully saturated rings. The van der Waals surface area contributed by atoms with Crippen molar-refractivity contribution in [2.24, 2.45) is 0 Å². The molecule has 3 aromatic carbocycles. The SMILES string of the molecule is O=C(C(OC1CCCC1)c1ccccc1)N1CCc2c(ccc(F)c2OCc2ccccc2)C1. The Balaban J connectivity index is 1.34. The number of hydrogen-bond acceptors (Lipinski definition) is 3. The molecule has 2 aliphatic rings. The molecule has 3 aromatic rings. The lowest BCUT2D eigenvalue weighted by Gasteiger charge is -2.33. The van der Waals surface area contributed by atoms with E-state index in [0.29, 0.717) is 31.9 Å². The van der Waals surface area contributed by atoms with E-state index >= 15 is 0 Å². The van der Waals surface area contributed by atoms with Crippen LogP contribution >= 0.6 is 0 Å². The van der Waals surface area contributed by atoms with E-state index in [1.807, 2.05) is 65.6 Å². The van der Waals surface area contributed by atoms with Gasteiger partial charge in [-0.05, 0) is 42.0 Å². The van der Waals surface area contributed by atoms with Crippen molar-refractivity contribution in [3.8, 4) is 5.75 Å². The Hall–Kier alpha value is -3.18. The van der Waals surface area contributed by atoms with E-state index in [9.17, 15) is 9.18 Å². The monoisotopic (exact) mass is 459 g/mol. The van der Waals surface area contributed by atoms with E-state index in [1.54, 1.807) is 6.07 Å². The number of halogens is 1. The number of ether oxygens (including phenoxy) is 2. The van der Waals surface area contributed by atoms with Crippen LogP contribution in [0.4, 0.5) is 4.39 Å². The minimum Gasteiger partial charge on any atom is -0.486 e. The van der Waals surface area contributed by atoms with Crippen molar-refractivity contribution in [2.45, 2.75) is 57.5 Å². The first kappa shape index (κ1) is 22.6. The molecule has 0 saturated heterocycles. The van der Waals surface area contributed by atoms with Crippen molar-refractivity contribution < 1.29 is 18.7 Å². The Morgan fingerprint density at radius 3 is 2.41 bits per heavy atom. The van der Waals surface area contributed by atoms with Crippen molar-refractivity contribution in [3.63, 3.8) is 0 Å². The van der Waals surface area contributed by atoms with Crippen LogP contribution in [0.3, 0.4) is 0 Å². The second-order valence-electron chi connectivity index (χ2n) is 9.13. The Bertz CT molecular complexity index is 1110. The molecule has 1 saturated carbocycles. The maximum absolute atomic E-state index is 14.7. The third kappa shape index (κ3) is 5.00. The lowest BCUT2D eigenvalue weighted by Crippen LogP contribution is -2.40. The van der Waals surface area contributed by atoms with Gasteiger partial charge in [-0.1, -0.05) is 79.6 Å². The molecule has 1 atom stereocenters. The summed E-state index contributed by atoms with van der Waals surface area (Å²) in [6, 6.07) is 22.7. The molecule has 5 rings (SSSR count). The highest BCUT2D eigenvalue weighted by Crippen LogP contribution is 2.34. The molecule has 1 heterocycles. The van der Waals surface area contributed by atoms with Gasteiger partial charge >= 0.3 is 0 Å². The molecule has 176 valence electrons. The Kier molecular flexibility index (Phi) is 6.91. The van der Waals surface area contributed by atoms with Crippen LogP contribution in [-0.2, 0) is 29.1 Å². The molecule has 1 aliphatic carbocycles. The number of carbonyl (C=O) groups excluding carboxylic acids is 1. The highest BCUT2D eigenvalue weighted by atomic mass is 19.1. The van der Waals surface area contributed by atoms with Crippen LogP contribution in [0, 0.1) is 5.82 Å². The molecule has 0 aromatic heterocycles. The second-order valence-corrected chi connectivity index (χ2v) is 9.13. The molecular weight excluding hydrogens is 429 g/mol. The van der Waals surface area contributed by atoms with E-state index in [2.05, 4.69) is 0 Å². The molecular formula is C29H30FNO3. The number of hydrogen-bond donors (Lipinski definition) is 0. The van der Waals surface area contributed by atoms with Crippen LogP contribution in [0.1, 0.15) is 54.0 Å². The quantitative estimate of drug-likeness (QED) is 0.436. The van der Waals surface area contributed by atoms with Crippen LogP contribution in [0.15, 0.2) is 72.8 Å². The summed E-state index contributed by atoms with van der Waals surface area (Å²) in [6.07, 6.45) is 4.36. The molecule has 0 N–H and O–H groups in total. The topological polar surface area (TPSA) is 38.8 Å². The average Bonchev–Trinajstić information content (AvgIpc) is 3.40. The van der Waals surface area contributed by atoms with Gasteiger partial charge in [-0.15, -0.1) is 0 Å². The van der Waals surface area contributed by atoms with Crippen LogP contribution in [-0.4, -0.2) is 23.5 Å². The van der Waals surface area contributed by atoms with Crippen LogP contribution in [0.5, 0.6) is 5.75 Å². The number of benzene rings is 3. The fourth-order valence-corrected chi connectivity index (χ4v) is 4.96. The number of rotatable bonds is 7. The first-order valence-electron chi connectivity index (χ1n) is 12.1. The fraction of sp³-hybridized carbons (Fsp3) is 0.345. The van der Waals surface area contributed by atoms with Crippen LogP contribution < -0.4 is 4.74 Å². The van der Waals surface area contributed by atoms with Gasteiger partial charge in [0.05, 0.1) is 6.10 Å². The molecule has 34 heavy (non-hydrogen) atoms. The van der Waals surface area contributed by atoms with Gasteiger partial charge in [-0.25, -0.2) is 4.39 Å². The summed E-state index contributed by atoms with van der Waals surface area (Å²) < 4.78 is 27.0. The predicted octanol–water partition coefficient (Wildman–Crippen LogP) is 5.99. The highest BCUT2D eigenvalue weighted by molar-refractivity contribution is 5.82. The highest BCUT2D eigenvalue weighted by Gasteiger charge is 2.33. The fourth-order valence-electron chi connectivity index (χ4n) is 4.96. The predicted molar refractivity (Wildman–Crippen MR) is 129 cm³/mol. The molecule has 1 unspecified atom stereocenters. The summed E-state index contributed by atoms with van der Waals surface area (Å²) in [4.78, 5) is 15.5. The van der Waals surface area contributed by atoms with Gasteiger partial charge in [0, 0.05) is 18.7 Å². The Labute approximate surface area is 200 Å². The minimum atomic E-state index is -0.611. The van der Waals surface area contributed by atoms with Gasteiger partial charge in [0.1, 0.15) is 6.61 Å². The van der Waals surface area contributed by atoms with Crippen LogP contribution in [0.2, 0.25) is 0 Å². The van der Waals surface area contributed by atoms with Crippen LogP contribution in [0.25, 0.3) is 0 Å². The lowest BCUT2D eigenvalue weighted by atomic mass is 9.97. The molecule has 5 heteroatoms. The van der Waals surface area contributed by atoms with Gasteiger partial charge < -0.3 is 14.4 Å². The van der Waals surface area contributed by atoms with Crippen molar-refractivity contribution in [1.29, 1.82) is 0 Å². The summed E-state index contributed by atoms with van der Waals surface area (Å²) >= 11 is 0. The first-order valence-corrected chi connectivity index (χ1v) is 12.1. The van der Waals surface area contributed by atoms with E-state index in [-0.39, 0.29) is 17.8 Å². The number of fused-ring (bicyclic) bond motifs is 1. The Morgan fingerprint density at radius 1 is 0.971 bits per heavy atom. The smallest absolute Gasteiger partial charge is 0.256 e. The maximum Gasteiger partial charge on any atom is 0.256 e. The summed E-state index contributed by atoms with van der Waals surface area (Å²) in [5.74, 6) is -0.0868. The second kappa shape index (κ2) is 10.4. The number of carbonyl (C=O) groups is 1. The summed E-state index contributed by atoms with van der Waals surface area (Å²) in [5, 5.41) is 0. The first-order chi connectivity index (χ1) is 16.7. The van der Waals surface area contributed by atoms with Crippen molar-refractivity contribution in [3.05, 3.63) is 101 Å². The normalized spacial score (nSPS) is 16.8. The van der Waals surface area contributed by atoms with Crippen molar-refractivity contribution >= 4 is 5.91 Å². The molecule has 0 radical (unpaired) electrons. The van der Waals surface area contributed by atoms with Gasteiger partial charge in [0.2, 0.25) is 0 Å². The van der Waals surface area contributed by atoms with E-state index in [1.165, 1.54) is 6.07 Å². The molecule has 1 amide bonds. The minimum absolute atomic E-state index is 0.0279. The summed E-state index contributed by atoms with van der Waals surface area (Å²) in [5.41, 5.74) is 3.66. The maximum atomic E-state index is 14.7. The standard InChI is InChI=1S/C29H30FNO3/c30-26-16-15-23-19-31(18-17-25(23)28(26)33-20-21-9-3-1-4-10-21)29(32)27(22-11-5-2-6-12-22)34-24-13-7-8-14-24/h1-6,9-12,15-16,24,27H,7-8,13-14,17-20H2. The van der Waals surface area contributed by atoms with Gasteiger partial charge in [0.25, 0.3) is 5.91 Å². The molecule has 0 bridgehead atoms. The largest absolute Gasteiger partial charge is 0.486 e. The number of nitrogens with zero attached hydrogens (tertiary/aromatic N) is 1. The summed E-state index contributed by atoms with van der Waals surface area (Å²) in [7, 11) is 0. The van der Waals surface area contributed by atoms with Gasteiger partial charge in [-0.3, -0.25) is 4.79 Å². The van der Waals surface area contributed by atoms with Crippen molar-refractivity contribution in [1.82, 2.24) is 4.90 Å². The van der Waals surface area contributed by atoms with Gasteiger partial charge in [-0.2, -0.15) is 0 Å². The molecule has 1 aliphatic heterocycles. The zero-order chi connectivity index (χ0) is 23.3. The average molecular weight is 460 g/mol. The van der Waals surface area contributed by atoms with Crippen molar-refractivity contribution in [2.75, 3.05) is 6.54 Å². The number of amides is 1. The molecule has 0 spiro atoms. The van der Waals surface area contributed by atoms with Gasteiger partial charge in [0.15, 0.2) is 17.7 Å².